The van der Waals surface area contributed by atoms with Crippen molar-refractivity contribution in [2.24, 2.45) is 0 Å². The van der Waals surface area contributed by atoms with Gasteiger partial charge in [0.15, 0.2) is 5.65 Å². The molecule has 10 heteroatoms. The van der Waals surface area contributed by atoms with Gasteiger partial charge in [-0.15, -0.1) is 0 Å². The Morgan fingerprint density at radius 1 is 1.37 bits per heavy atom. The van der Waals surface area contributed by atoms with E-state index in [2.05, 4.69) is 15.0 Å². The van der Waals surface area contributed by atoms with Crippen molar-refractivity contribution in [3.05, 3.63) is 30.7 Å². The first-order valence-corrected chi connectivity index (χ1v) is 8.38. The smallest absolute Gasteiger partial charge is 0.407 e. The number of nitrogens with zero attached hydrogens (tertiary/aromatic N) is 3. The molecule has 2 N–H and O–H groups in total. The molecule has 0 bridgehead atoms. The van der Waals surface area contributed by atoms with Gasteiger partial charge in [0.25, 0.3) is 0 Å². The number of H-pyrrole nitrogens is 1. The molecule has 0 saturated carbocycles. The van der Waals surface area contributed by atoms with E-state index < -0.39 is 24.9 Å². The van der Waals surface area contributed by atoms with Gasteiger partial charge < -0.3 is 19.9 Å². The Morgan fingerprint density at radius 2 is 2.22 bits per heavy atom. The number of alkyl halides is 3. The summed E-state index contributed by atoms with van der Waals surface area (Å²) in [6.07, 6.45) is -0.270. The molecule has 1 aliphatic rings. The Hall–Kier alpha value is -3.04. The molecular formula is C17H16F3N5O2. The highest BCUT2D eigenvalue weighted by molar-refractivity contribution is 6.10. The maximum absolute atomic E-state index is 12.2. The average Bonchev–Trinajstić information content (AvgIpc) is 3.28. The van der Waals surface area contributed by atoms with Crippen LogP contribution in [0.15, 0.2) is 30.7 Å². The van der Waals surface area contributed by atoms with Gasteiger partial charge in [0.05, 0.1) is 18.3 Å². The first kappa shape index (κ1) is 17.4. The third kappa shape index (κ3) is 3.60. The third-order valence-electron chi connectivity index (χ3n) is 4.46. The second-order valence-electron chi connectivity index (χ2n) is 6.32. The van der Waals surface area contributed by atoms with Crippen LogP contribution in [0.3, 0.4) is 0 Å². The summed E-state index contributed by atoms with van der Waals surface area (Å²) < 4.78 is 41.6. The van der Waals surface area contributed by atoms with Crippen LogP contribution in [0, 0.1) is 0 Å². The minimum Gasteiger partial charge on any atom is -0.444 e. The van der Waals surface area contributed by atoms with Crippen LogP contribution in [0.2, 0.25) is 0 Å². The monoisotopic (exact) mass is 379 g/mol. The summed E-state index contributed by atoms with van der Waals surface area (Å²) in [4.78, 5) is 25.3. The van der Waals surface area contributed by atoms with E-state index in [0.29, 0.717) is 25.2 Å². The summed E-state index contributed by atoms with van der Waals surface area (Å²) in [5.41, 5.74) is 2.42. The van der Waals surface area contributed by atoms with E-state index in [1.807, 2.05) is 17.0 Å². The van der Waals surface area contributed by atoms with Crippen molar-refractivity contribution in [3.8, 4) is 0 Å². The van der Waals surface area contributed by atoms with Crippen LogP contribution < -0.4 is 10.2 Å². The Balaban J connectivity index is 1.51. The quantitative estimate of drug-likeness (QED) is 0.731. The van der Waals surface area contributed by atoms with Gasteiger partial charge >= 0.3 is 12.3 Å². The molecule has 1 saturated heterocycles. The van der Waals surface area contributed by atoms with Gasteiger partial charge in [-0.2, -0.15) is 13.2 Å². The lowest BCUT2D eigenvalue weighted by Gasteiger charge is -2.21. The number of aromatic nitrogens is 3. The highest BCUT2D eigenvalue weighted by Gasteiger charge is 2.30. The number of halogens is 3. The lowest BCUT2D eigenvalue weighted by molar-refractivity contribution is -0.124. The molecule has 27 heavy (non-hydrogen) atoms. The van der Waals surface area contributed by atoms with Gasteiger partial charge in [0.1, 0.15) is 12.6 Å². The zero-order valence-corrected chi connectivity index (χ0v) is 14.1. The summed E-state index contributed by atoms with van der Waals surface area (Å²) in [5.74, 6) is 0. The Bertz CT molecular complexity index is 988. The average molecular weight is 379 g/mol. The lowest BCUT2D eigenvalue weighted by atomic mass is 10.1. The maximum Gasteiger partial charge on any atom is 0.407 e. The molecule has 0 aliphatic carbocycles. The van der Waals surface area contributed by atoms with E-state index in [0.717, 1.165) is 22.0 Å². The second kappa shape index (κ2) is 6.60. The predicted octanol–water partition coefficient (Wildman–Crippen LogP) is 2.98. The van der Waals surface area contributed by atoms with E-state index in [1.165, 1.54) is 0 Å². The van der Waals surface area contributed by atoms with Gasteiger partial charge in [-0.25, -0.2) is 14.8 Å². The number of hydrogen-bond donors (Lipinski definition) is 2. The minimum absolute atomic E-state index is 0.399. The topological polar surface area (TPSA) is 83.1 Å². The largest absolute Gasteiger partial charge is 0.444 e. The number of aromatic amines is 1. The molecule has 7 nitrogen and oxygen atoms in total. The first-order valence-electron chi connectivity index (χ1n) is 8.38. The fraction of sp³-hybridized carbons (Fsp3) is 0.353. The number of rotatable bonds is 3. The van der Waals surface area contributed by atoms with E-state index in [1.54, 1.807) is 23.9 Å². The lowest BCUT2D eigenvalue weighted by Crippen LogP contribution is -2.36. The molecule has 1 amide bonds. The summed E-state index contributed by atoms with van der Waals surface area (Å²) in [5, 5.41) is 3.60. The minimum atomic E-state index is -4.47. The predicted molar refractivity (Wildman–Crippen MR) is 92.6 cm³/mol. The fourth-order valence-electron chi connectivity index (χ4n) is 3.31. The second-order valence-corrected chi connectivity index (χ2v) is 6.32. The molecule has 4 rings (SSSR count). The van der Waals surface area contributed by atoms with Crippen LogP contribution in [-0.2, 0) is 4.74 Å². The number of alkyl carbamates (subject to hydrolysis) is 1. The van der Waals surface area contributed by atoms with Crippen LogP contribution in [0.5, 0.6) is 0 Å². The van der Waals surface area contributed by atoms with Crippen molar-refractivity contribution in [2.75, 3.05) is 24.5 Å². The standard InChI is InChI=1S/C17H16F3N5O2/c18-17(19,20)9-24-16(26)27-10-3-6-25(8-10)13-2-5-21-12-7-23-15-11(14(12)13)1-4-22-15/h1-2,4-5,7,10,21H,3,6,8-9H2,(H,24,26). The number of amides is 1. The molecule has 1 aliphatic heterocycles. The van der Waals surface area contributed by atoms with Crippen molar-refractivity contribution in [3.63, 3.8) is 0 Å². The van der Waals surface area contributed by atoms with E-state index in [9.17, 15) is 18.0 Å². The third-order valence-corrected chi connectivity index (χ3v) is 4.46. The van der Waals surface area contributed by atoms with Crippen molar-refractivity contribution >= 4 is 33.7 Å². The summed E-state index contributed by atoms with van der Waals surface area (Å²) >= 11 is 0. The molecule has 1 atom stereocenters. The van der Waals surface area contributed by atoms with Crippen LogP contribution in [-0.4, -0.2) is 53.0 Å². The first-order chi connectivity index (χ1) is 12.9. The van der Waals surface area contributed by atoms with Crippen LogP contribution in [0.1, 0.15) is 6.42 Å². The number of carbonyl (C=O) groups excluding carboxylic acids is 1. The van der Waals surface area contributed by atoms with E-state index in [4.69, 9.17) is 4.74 Å². The number of fused-ring (bicyclic) bond motifs is 3. The Kier molecular flexibility index (Phi) is 4.25. The number of anilines is 1. The zero-order chi connectivity index (χ0) is 19.0. The van der Waals surface area contributed by atoms with Gasteiger partial charge in [-0.05, 0) is 12.1 Å². The summed E-state index contributed by atoms with van der Waals surface area (Å²) in [6, 6.07) is 3.80. The molecule has 1 unspecified atom stereocenters. The number of nitrogens with one attached hydrogen (secondary N) is 2. The molecule has 3 aromatic heterocycles. The van der Waals surface area contributed by atoms with E-state index >= 15 is 0 Å². The molecule has 0 radical (unpaired) electrons. The summed E-state index contributed by atoms with van der Waals surface area (Å²) in [7, 11) is 0. The Morgan fingerprint density at radius 3 is 3.04 bits per heavy atom. The fourth-order valence-corrected chi connectivity index (χ4v) is 3.31. The van der Waals surface area contributed by atoms with Crippen LogP contribution in [0.25, 0.3) is 21.9 Å². The van der Waals surface area contributed by atoms with Gasteiger partial charge in [0.2, 0.25) is 0 Å². The number of hydrogen-bond acceptors (Lipinski definition) is 5. The Labute approximate surface area is 151 Å². The van der Waals surface area contributed by atoms with Gasteiger partial charge in [-0.3, -0.25) is 0 Å². The number of pyridine rings is 2. The normalized spacial score (nSPS) is 17.6. The zero-order valence-electron chi connectivity index (χ0n) is 14.1. The SMILES string of the molecule is O=C(NCC(F)(F)F)OC1CCN(c2cc[nH]c3cnc4nccc4c23)C1. The van der Waals surface area contributed by atoms with Gasteiger partial charge in [0, 0.05) is 41.8 Å². The maximum atomic E-state index is 12.2. The summed E-state index contributed by atoms with van der Waals surface area (Å²) in [6.45, 7) is -0.388. The van der Waals surface area contributed by atoms with Crippen molar-refractivity contribution in [2.45, 2.75) is 18.7 Å². The molecule has 0 aromatic carbocycles. The van der Waals surface area contributed by atoms with Crippen LogP contribution >= 0.6 is 0 Å². The van der Waals surface area contributed by atoms with E-state index in [-0.39, 0.29) is 0 Å². The highest BCUT2D eigenvalue weighted by atomic mass is 19.4. The van der Waals surface area contributed by atoms with Crippen molar-refractivity contribution in [1.82, 2.24) is 20.3 Å². The molecule has 4 heterocycles. The van der Waals surface area contributed by atoms with Crippen molar-refractivity contribution in [1.29, 1.82) is 0 Å². The molecule has 1 fully saturated rings. The number of ether oxygens (including phenoxy) is 1. The molecular weight excluding hydrogens is 363 g/mol. The van der Waals surface area contributed by atoms with Crippen molar-refractivity contribution < 1.29 is 22.7 Å². The molecule has 0 spiro atoms. The number of carbonyl (C=O) groups is 1. The molecule has 3 aromatic rings. The van der Waals surface area contributed by atoms with Crippen LogP contribution in [0.4, 0.5) is 23.7 Å². The highest BCUT2D eigenvalue weighted by Crippen LogP contribution is 2.33. The van der Waals surface area contributed by atoms with Gasteiger partial charge in [-0.1, -0.05) is 0 Å². The molecule has 142 valence electrons.